The number of unbranched alkanes of at least 4 members (excludes halogenated alkanes) is 5. The van der Waals surface area contributed by atoms with Crippen molar-refractivity contribution < 1.29 is 0 Å². The molecule has 0 fully saturated rings. The zero-order valence-electron chi connectivity index (χ0n) is 15.2. The summed E-state index contributed by atoms with van der Waals surface area (Å²) in [6, 6.07) is 17.0. The van der Waals surface area contributed by atoms with Crippen molar-refractivity contribution in [2.75, 3.05) is 6.54 Å². The average Bonchev–Trinajstić information content (AvgIpc) is 3.22. The molecule has 0 spiro atoms. The van der Waals surface area contributed by atoms with Crippen LogP contribution in [0.5, 0.6) is 0 Å². The van der Waals surface area contributed by atoms with E-state index in [2.05, 4.69) is 51.0 Å². The summed E-state index contributed by atoms with van der Waals surface area (Å²) >= 11 is 0. The van der Waals surface area contributed by atoms with Crippen LogP contribution in [0.15, 0.2) is 48.5 Å². The molecule has 1 heterocycles. The number of benzene rings is 2. The minimum absolute atomic E-state index is 0.694. The smallest absolute Gasteiger partial charge is 0.180 e. The number of aromatic nitrogens is 4. The molecule has 0 bridgehead atoms. The molecule has 1 aromatic heterocycles. The van der Waals surface area contributed by atoms with Crippen molar-refractivity contribution in [3.8, 4) is 22.5 Å². The van der Waals surface area contributed by atoms with E-state index in [1.54, 1.807) is 0 Å². The lowest BCUT2D eigenvalue weighted by atomic mass is 9.97. The lowest BCUT2D eigenvalue weighted by molar-refractivity contribution is 0.597. The van der Waals surface area contributed by atoms with Crippen LogP contribution in [0.1, 0.15) is 44.1 Å². The van der Waals surface area contributed by atoms with Gasteiger partial charge in [0.1, 0.15) is 0 Å². The van der Waals surface area contributed by atoms with Crippen LogP contribution >= 0.6 is 0 Å². The third-order valence-corrected chi connectivity index (χ3v) is 4.71. The highest BCUT2D eigenvalue weighted by molar-refractivity contribution is 5.80. The van der Waals surface area contributed by atoms with E-state index in [9.17, 15) is 0 Å². The Labute approximate surface area is 155 Å². The summed E-state index contributed by atoms with van der Waals surface area (Å²) in [6.07, 6.45) is 8.75. The van der Waals surface area contributed by atoms with E-state index in [0.717, 1.165) is 30.5 Å². The van der Waals surface area contributed by atoms with Crippen LogP contribution in [0.2, 0.25) is 0 Å². The molecule has 0 aliphatic heterocycles. The van der Waals surface area contributed by atoms with Crippen molar-refractivity contribution in [2.24, 2.45) is 5.73 Å². The van der Waals surface area contributed by atoms with Gasteiger partial charge >= 0.3 is 0 Å². The third kappa shape index (κ3) is 4.99. The number of hydrogen-bond acceptors (Lipinski definition) is 4. The standard InChI is InChI=1S/C21H27N5/c22-16-8-4-2-1-3-5-9-17-12-14-18(15-13-17)19-10-6-7-11-20(19)21-23-25-26-24-21/h6-7,10-15H,1-5,8-9,16,22H2,(H,23,24,25,26). The van der Waals surface area contributed by atoms with Gasteiger partial charge < -0.3 is 5.73 Å². The quantitative estimate of drug-likeness (QED) is 0.532. The molecule has 3 rings (SSSR count). The predicted octanol–water partition coefficient (Wildman–Crippen LogP) is 4.38. The lowest BCUT2D eigenvalue weighted by Gasteiger charge is -2.08. The van der Waals surface area contributed by atoms with E-state index in [1.165, 1.54) is 43.2 Å². The van der Waals surface area contributed by atoms with Gasteiger partial charge in [-0.15, -0.1) is 5.10 Å². The van der Waals surface area contributed by atoms with Crippen LogP contribution in [0.25, 0.3) is 22.5 Å². The van der Waals surface area contributed by atoms with Crippen molar-refractivity contribution >= 4 is 0 Å². The average molecular weight is 349 g/mol. The summed E-state index contributed by atoms with van der Waals surface area (Å²) in [7, 11) is 0. The minimum atomic E-state index is 0.694. The largest absolute Gasteiger partial charge is 0.330 e. The number of hydrogen-bond donors (Lipinski definition) is 2. The fourth-order valence-corrected chi connectivity index (χ4v) is 3.25. The normalized spacial score (nSPS) is 11.0. The van der Waals surface area contributed by atoms with Crippen LogP contribution in [-0.2, 0) is 6.42 Å². The summed E-state index contributed by atoms with van der Waals surface area (Å²) in [5.41, 5.74) is 10.3. The second-order valence-electron chi connectivity index (χ2n) is 6.65. The second kappa shape index (κ2) is 9.82. The first-order valence-electron chi connectivity index (χ1n) is 9.51. The van der Waals surface area contributed by atoms with Crippen molar-refractivity contribution in [1.82, 2.24) is 20.6 Å². The molecule has 0 amide bonds. The first kappa shape index (κ1) is 18.3. The van der Waals surface area contributed by atoms with Gasteiger partial charge in [-0.25, -0.2) is 5.10 Å². The first-order chi connectivity index (χ1) is 12.9. The summed E-state index contributed by atoms with van der Waals surface area (Å²) in [6.45, 7) is 0.822. The van der Waals surface area contributed by atoms with Gasteiger partial charge in [-0.05, 0) is 52.9 Å². The van der Waals surface area contributed by atoms with Gasteiger partial charge in [0, 0.05) is 5.56 Å². The summed E-state index contributed by atoms with van der Waals surface area (Å²) in [5.74, 6) is 0.694. The molecule has 0 saturated carbocycles. The molecule has 136 valence electrons. The Morgan fingerprint density at radius 3 is 2.15 bits per heavy atom. The summed E-state index contributed by atoms with van der Waals surface area (Å²) < 4.78 is 0. The van der Waals surface area contributed by atoms with Gasteiger partial charge in [0.25, 0.3) is 0 Å². The Balaban J connectivity index is 1.57. The van der Waals surface area contributed by atoms with Gasteiger partial charge in [0.15, 0.2) is 5.82 Å². The maximum atomic E-state index is 5.53. The molecule has 0 atom stereocenters. The number of nitrogens with two attached hydrogens (primary N) is 1. The van der Waals surface area contributed by atoms with Crippen LogP contribution in [0, 0.1) is 0 Å². The molecule has 3 N–H and O–H groups in total. The molecule has 26 heavy (non-hydrogen) atoms. The number of nitrogens with zero attached hydrogens (tertiary/aromatic N) is 3. The van der Waals surface area contributed by atoms with Crippen molar-refractivity contribution in [3.63, 3.8) is 0 Å². The van der Waals surface area contributed by atoms with Crippen LogP contribution in [0.3, 0.4) is 0 Å². The third-order valence-electron chi connectivity index (χ3n) is 4.71. The minimum Gasteiger partial charge on any atom is -0.330 e. The second-order valence-corrected chi connectivity index (χ2v) is 6.65. The Bertz CT molecular complexity index is 765. The Morgan fingerprint density at radius 2 is 1.46 bits per heavy atom. The fraction of sp³-hybridized carbons (Fsp3) is 0.381. The lowest BCUT2D eigenvalue weighted by Crippen LogP contribution is -1.97. The Hall–Kier alpha value is -2.53. The van der Waals surface area contributed by atoms with Gasteiger partial charge in [-0.2, -0.15) is 0 Å². The van der Waals surface area contributed by atoms with E-state index in [4.69, 9.17) is 5.73 Å². The molecule has 5 nitrogen and oxygen atoms in total. The fourth-order valence-electron chi connectivity index (χ4n) is 3.25. The number of nitrogens with one attached hydrogen (secondary N) is 1. The first-order valence-corrected chi connectivity index (χ1v) is 9.51. The van der Waals surface area contributed by atoms with Gasteiger partial charge in [-0.1, -0.05) is 74.2 Å². The number of aryl methyl sites for hydroxylation is 1. The van der Waals surface area contributed by atoms with Gasteiger partial charge in [-0.3, -0.25) is 0 Å². The molecule has 2 aromatic carbocycles. The van der Waals surface area contributed by atoms with Crippen LogP contribution in [0.4, 0.5) is 0 Å². The zero-order chi connectivity index (χ0) is 18.0. The van der Waals surface area contributed by atoms with E-state index in [0.29, 0.717) is 5.82 Å². The van der Waals surface area contributed by atoms with Crippen molar-refractivity contribution in [3.05, 3.63) is 54.1 Å². The van der Waals surface area contributed by atoms with Crippen LogP contribution < -0.4 is 5.73 Å². The van der Waals surface area contributed by atoms with E-state index in [-0.39, 0.29) is 0 Å². The molecule has 0 aliphatic rings. The zero-order valence-corrected chi connectivity index (χ0v) is 15.2. The maximum absolute atomic E-state index is 5.53. The molecule has 3 aromatic rings. The van der Waals surface area contributed by atoms with Crippen molar-refractivity contribution in [2.45, 2.75) is 44.9 Å². The molecule has 0 unspecified atom stereocenters. The van der Waals surface area contributed by atoms with Crippen LogP contribution in [-0.4, -0.2) is 27.2 Å². The molecule has 0 aliphatic carbocycles. The topological polar surface area (TPSA) is 80.5 Å². The Morgan fingerprint density at radius 1 is 0.769 bits per heavy atom. The summed E-state index contributed by atoms with van der Waals surface area (Å²) in [4.78, 5) is 0. The highest BCUT2D eigenvalue weighted by atomic mass is 15.5. The number of rotatable bonds is 10. The van der Waals surface area contributed by atoms with E-state index >= 15 is 0 Å². The van der Waals surface area contributed by atoms with Gasteiger partial charge in [0.2, 0.25) is 0 Å². The van der Waals surface area contributed by atoms with E-state index < -0.39 is 0 Å². The Kier molecular flexibility index (Phi) is 6.90. The highest BCUT2D eigenvalue weighted by Crippen LogP contribution is 2.29. The van der Waals surface area contributed by atoms with Crippen molar-refractivity contribution in [1.29, 1.82) is 0 Å². The number of H-pyrrole nitrogens is 1. The number of aromatic amines is 1. The molecule has 0 saturated heterocycles. The number of tetrazole rings is 1. The molecule has 0 radical (unpaired) electrons. The molecular formula is C21H27N5. The molecular weight excluding hydrogens is 322 g/mol. The summed E-state index contributed by atoms with van der Waals surface area (Å²) in [5, 5.41) is 14.3. The highest BCUT2D eigenvalue weighted by Gasteiger charge is 2.09. The predicted molar refractivity (Wildman–Crippen MR) is 106 cm³/mol. The maximum Gasteiger partial charge on any atom is 0.180 e. The van der Waals surface area contributed by atoms with E-state index in [1.807, 2.05) is 18.2 Å². The molecule has 5 heteroatoms. The van der Waals surface area contributed by atoms with Gasteiger partial charge in [0.05, 0.1) is 0 Å². The monoisotopic (exact) mass is 349 g/mol. The SMILES string of the molecule is NCCCCCCCCc1ccc(-c2ccccc2-c2nnn[nH]2)cc1.